The van der Waals surface area contributed by atoms with Crippen molar-refractivity contribution in [3.8, 4) is 0 Å². The molecule has 0 bridgehead atoms. The highest BCUT2D eigenvalue weighted by atomic mass is 35.5. The van der Waals surface area contributed by atoms with Crippen LogP contribution in [0.1, 0.15) is 11.1 Å². The van der Waals surface area contributed by atoms with Crippen LogP contribution in [0.25, 0.3) is 17.1 Å². The Bertz CT molecular complexity index is 1280. The van der Waals surface area contributed by atoms with Gasteiger partial charge >= 0.3 is 0 Å². The number of carbonyl (C=O) groups is 1. The van der Waals surface area contributed by atoms with Crippen LogP contribution in [-0.2, 0) is 17.9 Å². The quantitative estimate of drug-likeness (QED) is 0.454. The van der Waals surface area contributed by atoms with Crippen molar-refractivity contribution in [2.45, 2.75) is 13.1 Å². The third-order valence-corrected chi connectivity index (χ3v) is 4.99. The molecule has 0 aliphatic carbocycles. The molecule has 7 nitrogen and oxygen atoms in total. The van der Waals surface area contributed by atoms with Gasteiger partial charge in [0.1, 0.15) is 11.7 Å². The second-order valence-corrected chi connectivity index (χ2v) is 7.38. The third kappa shape index (κ3) is 5.07. The van der Waals surface area contributed by atoms with Gasteiger partial charge in [-0.3, -0.25) is 14.2 Å². The Morgan fingerprint density at radius 2 is 1.87 bits per heavy atom. The van der Waals surface area contributed by atoms with Gasteiger partial charge in [-0.15, -0.1) is 0 Å². The number of halogens is 1. The van der Waals surface area contributed by atoms with E-state index in [4.69, 9.17) is 11.6 Å². The molecule has 0 aliphatic heterocycles. The highest BCUT2D eigenvalue weighted by Gasteiger charge is 2.10. The van der Waals surface area contributed by atoms with E-state index >= 15 is 0 Å². The number of benzene rings is 2. The zero-order valence-corrected chi connectivity index (χ0v) is 17.4. The van der Waals surface area contributed by atoms with Gasteiger partial charge in [0.05, 0.1) is 19.3 Å². The molecule has 8 heteroatoms. The second-order valence-electron chi connectivity index (χ2n) is 6.94. The molecule has 2 aromatic carbocycles. The van der Waals surface area contributed by atoms with Crippen LogP contribution in [0.4, 0.5) is 0 Å². The molecule has 0 fully saturated rings. The molecule has 4 aromatic rings. The summed E-state index contributed by atoms with van der Waals surface area (Å²) in [4.78, 5) is 29.2. The van der Waals surface area contributed by atoms with Crippen LogP contribution in [0.2, 0.25) is 5.02 Å². The van der Waals surface area contributed by atoms with E-state index in [1.165, 1.54) is 23.2 Å². The molecule has 156 valence electrons. The van der Waals surface area contributed by atoms with Crippen LogP contribution in [-0.4, -0.2) is 31.8 Å². The SMILES string of the molecule is O=C(/C=C\c1ccccc1)NCCn1ncc2c(=O)n(Cc3ccc(Cl)cc3)cnc21. The van der Waals surface area contributed by atoms with Gasteiger partial charge in [-0.1, -0.05) is 54.1 Å². The smallest absolute Gasteiger partial charge is 0.264 e. The number of hydrogen-bond donors (Lipinski definition) is 1. The zero-order valence-electron chi connectivity index (χ0n) is 16.6. The first-order valence-electron chi connectivity index (χ1n) is 9.76. The third-order valence-electron chi connectivity index (χ3n) is 4.74. The highest BCUT2D eigenvalue weighted by molar-refractivity contribution is 6.30. The standard InChI is InChI=1S/C23H20ClN5O2/c24-19-9-6-18(7-10-19)15-28-16-26-22-20(23(28)31)14-27-29(22)13-12-25-21(30)11-8-17-4-2-1-3-5-17/h1-11,14,16H,12-13,15H2,(H,25,30)/b11-8-. The van der Waals surface area contributed by atoms with Crippen molar-refractivity contribution >= 4 is 34.6 Å². The molecule has 31 heavy (non-hydrogen) atoms. The fourth-order valence-corrected chi connectivity index (χ4v) is 3.27. The largest absolute Gasteiger partial charge is 0.351 e. The minimum absolute atomic E-state index is 0.166. The first kappa shape index (κ1) is 20.6. The summed E-state index contributed by atoms with van der Waals surface area (Å²) >= 11 is 5.91. The van der Waals surface area contributed by atoms with E-state index in [9.17, 15) is 9.59 Å². The summed E-state index contributed by atoms with van der Waals surface area (Å²) in [5.74, 6) is -0.196. The normalized spacial score (nSPS) is 11.3. The highest BCUT2D eigenvalue weighted by Crippen LogP contribution is 2.11. The van der Waals surface area contributed by atoms with E-state index in [1.807, 2.05) is 42.5 Å². The molecule has 2 heterocycles. The van der Waals surface area contributed by atoms with Crippen molar-refractivity contribution in [2.75, 3.05) is 6.54 Å². The first-order valence-corrected chi connectivity index (χ1v) is 10.1. The number of nitrogens with zero attached hydrogens (tertiary/aromatic N) is 4. The van der Waals surface area contributed by atoms with Crippen LogP contribution in [0.5, 0.6) is 0 Å². The van der Waals surface area contributed by atoms with Gasteiger partial charge in [0.25, 0.3) is 5.56 Å². The zero-order chi connectivity index (χ0) is 21.6. The average Bonchev–Trinajstić information content (AvgIpc) is 3.20. The van der Waals surface area contributed by atoms with Crippen molar-refractivity contribution in [3.05, 3.63) is 99.7 Å². The number of amides is 1. The molecule has 4 rings (SSSR count). The Morgan fingerprint density at radius 1 is 1.10 bits per heavy atom. The van der Waals surface area contributed by atoms with Gasteiger partial charge in [0, 0.05) is 17.6 Å². The molecule has 0 saturated heterocycles. The van der Waals surface area contributed by atoms with E-state index in [1.54, 1.807) is 22.9 Å². The molecule has 2 aromatic heterocycles. The van der Waals surface area contributed by atoms with Crippen LogP contribution >= 0.6 is 11.6 Å². The van der Waals surface area contributed by atoms with Gasteiger partial charge in [0.2, 0.25) is 5.91 Å². The number of aromatic nitrogens is 4. The predicted molar refractivity (Wildman–Crippen MR) is 121 cm³/mol. The lowest BCUT2D eigenvalue weighted by molar-refractivity contribution is -0.116. The summed E-state index contributed by atoms with van der Waals surface area (Å²) in [6, 6.07) is 16.9. The van der Waals surface area contributed by atoms with E-state index < -0.39 is 0 Å². The van der Waals surface area contributed by atoms with Crippen LogP contribution in [0.3, 0.4) is 0 Å². The van der Waals surface area contributed by atoms with Crippen molar-refractivity contribution in [1.29, 1.82) is 0 Å². The fourth-order valence-electron chi connectivity index (χ4n) is 3.14. The molecule has 0 spiro atoms. The number of carbonyl (C=O) groups excluding carboxylic acids is 1. The molecular weight excluding hydrogens is 414 g/mol. The molecule has 0 saturated carbocycles. The number of rotatable bonds is 7. The van der Waals surface area contributed by atoms with Crippen molar-refractivity contribution < 1.29 is 4.79 Å². The molecule has 0 atom stereocenters. The Morgan fingerprint density at radius 3 is 2.65 bits per heavy atom. The van der Waals surface area contributed by atoms with Gasteiger partial charge in [-0.2, -0.15) is 5.10 Å². The molecule has 0 aliphatic rings. The Balaban J connectivity index is 1.39. The van der Waals surface area contributed by atoms with Gasteiger partial charge in [-0.25, -0.2) is 9.67 Å². The van der Waals surface area contributed by atoms with Gasteiger partial charge in [-0.05, 0) is 29.3 Å². The minimum Gasteiger partial charge on any atom is -0.351 e. The summed E-state index contributed by atoms with van der Waals surface area (Å²) in [6.07, 6.45) is 6.27. The minimum atomic E-state index is -0.196. The lowest BCUT2D eigenvalue weighted by Gasteiger charge is -2.07. The number of hydrogen-bond acceptors (Lipinski definition) is 4. The maximum absolute atomic E-state index is 12.8. The fraction of sp³-hybridized carbons (Fsp3) is 0.130. The molecule has 1 N–H and O–H groups in total. The van der Waals surface area contributed by atoms with Crippen molar-refractivity contribution in [1.82, 2.24) is 24.6 Å². The van der Waals surface area contributed by atoms with Crippen LogP contribution in [0, 0.1) is 0 Å². The predicted octanol–water partition coefficient (Wildman–Crippen LogP) is 3.12. The molecule has 0 radical (unpaired) electrons. The van der Waals surface area contributed by atoms with Crippen LogP contribution in [0.15, 0.2) is 78.0 Å². The maximum atomic E-state index is 12.8. The second kappa shape index (κ2) is 9.40. The summed E-state index contributed by atoms with van der Waals surface area (Å²) in [6.45, 7) is 1.17. The first-order chi connectivity index (χ1) is 15.1. The lowest BCUT2D eigenvalue weighted by Crippen LogP contribution is -2.26. The van der Waals surface area contributed by atoms with E-state index in [0.717, 1.165) is 11.1 Å². The van der Waals surface area contributed by atoms with Crippen molar-refractivity contribution in [2.24, 2.45) is 0 Å². The van der Waals surface area contributed by atoms with E-state index in [0.29, 0.717) is 35.7 Å². The lowest BCUT2D eigenvalue weighted by atomic mass is 10.2. The van der Waals surface area contributed by atoms with Gasteiger partial charge < -0.3 is 5.32 Å². The summed E-state index contributed by atoms with van der Waals surface area (Å²) in [7, 11) is 0. The Labute approximate surface area is 183 Å². The topological polar surface area (TPSA) is 81.8 Å². The number of fused-ring (bicyclic) bond motifs is 1. The Kier molecular flexibility index (Phi) is 6.24. The summed E-state index contributed by atoms with van der Waals surface area (Å²) in [5.41, 5.74) is 2.23. The monoisotopic (exact) mass is 433 g/mol. The molecule has 0 unspecified atom stereocenters. The number of nitrogens with one attached hydrogen (secondary N) is 1. The summed E-state index contributed by atoms with van der Waals surface area (Å²) < 4.78 is 3.15. The van der Waals surface area contributed by atoms with Gasteiger partial charge in [0.15, 0.2) is 5.65 Å². The maximum Gasteiger partial charge on any atom is 0.264 e. The van der Waals surface area contributed by atoms with E-state index in [2.05, 4.69) is 15.4 Å². The van der Waals surface area contributed by atoms with Crippen molar-refractivity contribution in [3.63, 3.8) is 0 Å². The van der Waals surface area contributed by atoms with Crippen LogP contribution < -0.4 is 10.9 Å². The average molecular weight is 434 g/mol. The Hall–Kier alpha value is -3.71. The molecule has 1 amide bonds. The molecular formula is C23H20ClN5O2. The van der Waals surface area contributed by atoms with E-state index in [-0.39, 0.29) is 11.5 Å². The summed E-state index contributed by atoms with van der Waals surface area (Å²) in [5, 5.41) is 8.15.